The molecule has 0 aliphatic carbocycles. The Kier molecular flexibility index (Phi) is 31.8. The Morgan fingerprint density at radius 2 is 0.591 bits per heavy atom. The number of nitrogens with one attached hydrogen (secondary N) is 10. The molecule has 10 aromatic carbocycles. The highest BCUT2D eigenvalue weighted by Gasteiger charge is 2.29. The molecule has 730 valence electrons. The van der Waals surface area contributed by atoms with Gasteiger partial charge in [0.1, 0.15) is 30.3 Å². The second-order valence-corrected chi connectivity index (χ2v) is 36.4. The molecule has 0 radical (unpaired) electrons. The van der Waals surface area contributed by atoms with Crippen molar-refractivity contribution in [3.63, 3.8) is 0 Å². The van der Waals surface area contributed by atoms with Crippen LogP contribution in [0.5, 0.6) is 0 Å². The summed E-state index contributed by atoms with van der Waals surface area (Å²) in [4.78, 5) is 51.9. The van der Waals surface area contributed by atoms with Crippen LogP contribution < -0.4 is 26.6 Å². The summed E-state index contributed by atoms with van der Waals surface area (Å²) < 4.78 is 0. The van der Waals surface area contributed by atoms with Crippen LogP contribution in [0.1, 0.15) is 61.6 Å². The average Bonchev–Trinajstić information content (AvgIpc) is 1.73. The van der Waals surface area contributed by atoms with E-state index in [9.17, 15) is 26.3 Å². The Morgan fingerprint density at radius 1 is 0.336 bits per heavy atom. The van der Waals surface area contributed by atoms with E-state index in [4.69, 9.17) is 94.3 Å². The topological polar surface area (TPSA) is 458 Å². The molecule has 1 unspecified atom stereocenters. The van der Waals surface area contributed by atoms with Crippen LogP contribution in [0.2, 0.25) is 25.1 Å². The molecule has 22 rings (SSSR count). The normalized spacial score (nSPS) is 12.8. The lowest BCUT2D eigenvalue weighted by Gasteiger charge is -2.30. The quantitative estimate of drug-likeness (QED) is 0.0236. The molecule has 32 nitrogen and oxygen atoms in total. The minimum atomic E-state index is 0.161. The molecule has 37 heteroatoms. The molecule has 149 heavy (non-hydrogen) atoms. The molecule has 0 spiro atoms. The minimum Gasteiger partial charge on any atom is -0.365 e. The Morgan fingerprint density at radius 3 is 0.859 bits per heavy atom. The number of terminal acetylenes is 1. The maximum atomic E-state index is 9.87. The van der Waals surface area contributed by atoms with Crippen LogP contribution in [0, 0.1) is 80.8 Å². The summed E-state index contributed by atoms with van der Waals surface area (Å²) in [6.07, 6.45) is 20.7. The van der Waals surface area contributed by atoms with Gasteiger partial charge in [-0.2, -0.15) is 51.8 Å². The van der Waals surface area contributed by atoms with E-state index in [1.165, 1.54) is 0 Å². The molecule has 0 amide bonds. The molecule has 20 aromatic rings. The third kappa shape index (κ3) is 23.1. The van der Waals surface area contributed by atoms with Crippen LogP contribution in [-0.2, 0) is 0 Å². The van der Waals surface area contributed by atoms with Gasteiger partial charge in [-0.05, 0) is 128 Å². The monoisotopic (exact) mass is 2050 g/mol. The van der Waals surface area contributed by atoms with E-state index >= 15 is 0 Å². The van der Waals surface area contributed by atoms with Gasteiger partial charge >= 0.3 is 0 Å². The molecule has 2 fully saturated rings. The fourth-order valence-corrected chi connectivity index (χ4v) is 18.4. The number of fused-ring (bicyclic) bond motifs is 5. The van der Waals surface area contributed by atoms with Gasteiger partial charge in [0, 0.05) is 108 Å². The summed E-state index contributed by atoms with van der Waals surface area (Å²) in [6.45, 7) is 8.81. The fraction of sp³-hybridized carbons (Fsp3) is 0.143. The molecular formula is C112H87Cl5N32. The summed E-state index contributed by atoms with van der Waals surface area (Å²) in [6, 6.07) is 78.9. The Labute approximate surface area is 880 Å². The first-order valence-electron chi connectivity index (χ1n) is 47.0. The summed E-state index contributed by atoms with van der Waals surface area (Å²) in [5.41, 5.74) is 19.6. The van der Waals surface area contributed by atoms with Gasteiger partial charge in [-0.3, -0.25) is 25.5 Å². The molecule has 10 aromatic heterocycles. The van der Waals surface area contributed by atoms with E-state index in [-0.39, 0.29) is 47.1 Å². The molecule has 1 atom stereocenters. The van der Waals surface area contributed by atoms with E-state index < -0.39 is 0 Å². The molecule has 2 aliphatic rings. The molecule has 2 saturated heterocycles. The van der Waals surface area contributed by atoms with Crippen LogP contribution in [-0.4, -0.2) is 183 Å². The van der Waals surface area contributed by atoms with Crippen LogP contribution in [0.25, 0.3) is 167 Å². The van der Waals surface area contributed by atoms with E-state index in [1.54, 1.807) is 50.0 Å². The van der Waals surface area contributed by atoms with Gasteiger partial charge in [-0.1, -0.05) is 234 Å². The van der Waals surface area contributed by atoms with Gasteiger partial charge in [0.2, 0.25) is 0 Å². The van der Waals surface area contributed by atoms with Crippen molar-refractivity contribution >= 4 is 142 Å². The maximum Gasteiger partial charge on any atom is 0.183 e. The van der Waals surface area contributed by atoms with Gasteiger partial charge in [-0.15, -0.1) is 12.3 Å². The number of piperidine rings is 1. The first-order chi connectivity index (χ1) is 72.9. The molecule has 12 heterocycles. The van der Waals surface area contributed by atoms with Crippen molar-refractivity contribution in [1.82, 2.24) is 111 Å². The van der Waals surface area contributed by atoms with E-state index in [1.807, 2.05) is 219 Å². The third-order valence-electron chi connectivity index (χ3n) is 24.4. The maximum absolute atomic E-state index is 9.87. The van der Waals surface area contributed by atoms with Crippen molar-refractivity contribution in [1.29, 1.82) is 26.3 Å². The highest BCUT2D eigenvalue weighted by Crippen LogP contribution is 2.43. The number of rotatable bonds is 21. The zero-order chi connectivity index (χ0) is 103. The van der Waals surface area contributed by atoms with Crippen LogP contribution in [0.15, 0.2) is 255 Å². The van der Waals surface area contributed by atoms with Crippen molar-refractivity contribution in [3.05, 3.63) is 309 Å². The summed E-state index contributed by atoms with van der Waals surface area (Å²) in [5.74, 6) is 10.4. The Hall–Kier alpha value is -18.4. The van der Waals surface area contributed by atoms with Crippen molar-refractivity contribution in [3.8, 4) is 167 Å². The first-order valence-corrected chi connectivity index (χ1v) is 48.8. The van der Waals surface area contributed by atoms with Crippen molar-refractivity contribution in [2.75, 3.05) is 86.5 Å². The van der Waals surface area contributed by atoms with Gasteiger partial charge in [0.05, 0.1) is 154 Å². The molecule has 10 N–H and O–H groups in total. The number of likely N-dealkylation sites (tertiary alicyclic amines) is 2. The lowest BCUT2D eigenvalue weighted by Crippen LogP contribution is -2.37. The molecule has 0 bridgehead atoms. The summed E-state index contributed by atoms with van der Waals surface area (Å²) >= 11 is 32.3. The van der Waals surface area contributed by atoms with Gasteiger partial charge < -0.3 is 36.4 Å². The van der Waals surface area contributed by atoms with E-state index in [0.29, 0.717) is 124 Å². The number of halogens is 5. The summed E-state index contributed by atoms with van der Waals surface area (Å²) in [5, 5.41) is 106. The Balaban J connectivity index is 0.000000122. The van der Waals surface area contributed by atoms with Gasteiger partial charge in [0.25, 0.3) is 0 Å². The minimum absolute atomic E-state index is 0.161. The van der Waals surface area contributed by atoms with Crippen molar-refractivity contribution in [2.24, 2.45) is 0 Å². The number of anilines is 5. The predicted molar refractivity (Wildman–Crippen MR) is 588 cm³/mol. The zero-order valence-electron chi connectivity index (χ0n) is 80.3. The number of nitrogens with zero attached hydrogens (tertiary/aromatic N) is 22. The van der Waals surface area contributed by atoms with Crippen molar-refractivity contribution < 1.29 is 0 Å². The molecule has 0 saturated carbocycles. The van der Waals surface area contributed by atoms with Gasteiger partial charge in [0.15, 0.2) is 57.6 Å². The first kappa shape index (κ1) is 101. The number of hydrogen-bond acceptors (Lipinski definition) is 27. The van der Waals surface area contributed by atoms with E-state index in [0.717, 1.165) is 156 Å². The second-order valence-electron chi connectivity index (χ2n) is 34.3. The number of likely N-dealkylation sites (N-methyl/N-ethyl adjacent to an activating group) is 1. The lowest BCUT2D eigenvalue weighted by molar-refractivity contribution is 0.263. The van der Waals surface area contributed by atoms with Crippen LogP contribution in [0.3, 0.4) is 0 Å². The Bertz CT molecular complexity index is 8710. The van der Waals surface area contributed by atoms with Crippen LogP contribution >= 0.6 is 58.0 Å². The molecule has 2 aliphatic heterocycles. The zero-order valence-corrected chi connectivity index (χ0v) is 84.1. The number of aromatic nitrogens is 20. The average molecular weight is 2060 g/mol. The van der Waals surface area contributed by atoms with Crippen molar-refractivity contribution in [2.45, 2.75) is 45.2 Å². The van der Waals surface area contributed by atoms with E-state index in [2.05, 4.69) is 170 Å². The number of hydrogen-bond donors (Lipinski definition) is 10. The lowest BCUT2D eigenvalue weighted by atomic mass is 10.0. The highest BCUT2D eigenvalue weighted by molar-refractivity contribution is 6.37. The van der Waals surface area contributed by atoms with Crippen LogP contribution in [0.4, 0.5) is 29.1 Å². The van der Waals surface area contributed by atoms with Gasteiger partial charge in [-0.25, -0.2) is 49.8 Å². The number of aromatic amines is 5. The third-order valence-corrected chi connectivity index (χ3v) is 25.9. The fourth-order valence-electron chi connectivity index (χ4n) is 17.1. The molecular weight excluding hydrogens is 1970 g/mol. The largest absolute Gasteiger partial charge is 0.365 e. The smallest absolute Gasteiger partial charge is 0.183 e. The standard InChI is InChI=1S/C24H22ClN7.C23H20ClN7.C22H17ClN6.C22H15ClN6.C21H13ClN6/c1-32-9-7-18(8-10-32)28-24-20(13-26)29-23(22(30-24)15-5-3-2-4-6-15)16-11-17-14-27-31-21(17)19(25)12-16;1-31-8-7-17(13-31)27-23-19(11-25)28-22(21(29-23)14-5-3-2-4-6-14)15-9-16-12-26-30-20(16)18(24)10-15;2*1-2-3-9-25-22-18(12-24)27-21(20(28-22)14-7-5-4-6-8-14)15-10-16-13-26-29-19(16)17(23)11-15;1-2-8-24-21-17(11-23)26-20(19(27-21)13-6-4-3-5-7-13)14-9-15-12-25-28-18(15)16(22)10-14/h2-6,11-12,14,18H,7-10H2,1H3,(H,27,31)(H,28,30);2-6,9-10,12,17H,7-8,13H2,1H3,(H,26,30)(H,27,29);2-8,10-11,13H,9H2,1H3,(H,25,28)(H,26,29);4-8,10-11,13H,9H2,1H3,(H,25,28)(H,26,29);1,3-7,9-10,12H,8H2,(H,24,27)(H,25,28)/b;;3-2+;;. The number of allylic oxidation sites excluding steroid dienone is 1. The number of nitriles is 5. The highest BCUT2D eigenvalue weighted by atomic mass is 35.5. The summed E-state index contributed by atoms with van der Waals surface area (Å²) in [7, 11) is 4.22. The predicted octanol–water partition coefficient (Wildman–Crippen LogP) is 23.2. The second kappa shape index (κ2) is 47.0. The number of H-pyrrole nitrogens is 5. The number of benzene rings is 10. The SMILES string of the molecule is C#CCNc1nc(-c2ccccc2)c(-c2cc(Cl)c3[nH]ncc3c2)nc1C#N.C/C=C/CNc1nc(-c2ccccc2)c(-c2cc(Cl)c3[nH]ncc3c2)nc1C#N.CC#CCNc1nc(-c2ccccc2)c(-c2cc(Cl)c3[nH]ncc3c2)nc1C#N.CN1CCC(Nc2nc(-c3ccccc3)c(-c3cc(Cl)c4[nH]ncc4c3)nc2C#N)C1.CN1CCC(Nc2nc(-c3ccccc3)c(-c3cc(Cl)c4[nH]ncc4c3)nc2C#N)CC1.